The van der Waals surface area contributed by atoms with Crippen molar-refractivity contribution in [1.82, 2.24) is 0 Å². The van der Waals surface area contributed by atoms with Crippen LogP contribution in [0, 0.1) is 0 Å². The third-order valence-electron chi connectivity index (χ3n) is 0.640. The number of rotatable bonds is 5. The zero-order valence-electron chi connectivity index (χ0n) is 8.78. The van der Waals surface area contributed by atoms with E-state index in [0.717, 1.165) is 6.08 Å². The molecule has 0 spiro atoms. The van der Waals surface area contributed by atoms with E-state index in [2.05, 4.69) is 22.5 Å². The van der Waals surface area contributed by atoms with Crippen molar-refractivity contribution in [3.05, 3.63) is 12.7 Å². The smallest absolute Gasteiger partial charge is 0.0310 e. The van der Waals surface area contributed by atoms with Gasteiger partial charge in [-0.25, -0.2) is 0 Å². The van der Waals surface area contributed by atoms with Crippen LogP contribution in [0.3, 0.4) is 0 Å². The zero-order chi connectivity index (χ0) is 9.83. The molecule has 0 rings (SSSR count). The topological polar surface area (TPSA) is 0 Å². The number of hydrogen-bond acceptors (Lipinski definition) is 0. The largest absolute Gasteiger partial charge is 0.103 e. The average Bonchev–Trinajstić information content (AvgIpc) is 2.00. The highest BCUT2D eigenvalue weighted by atomic mass is 79.9. The first-order chi connectivity index (χ1) is 5.37. The van der Waals surface area contributed by atoms with Crippen LogP contribution >= 0.6 is 15.9 Å². The molecule has 0 amide bonds. The van der Waals surface area contributed by atoms with Gasteiger partial charge < -0.3 is 0 Å². The minimum atomic E-state index is -1.94. The van der Waals surface area contributed by atoms with E-state index >= 15 is 0 Å². The molecule has 0 bridgehead atoms. The van der Waals surface area contributed by atoms with Gasteiger partial charge in [0.1, 0.15) is 0 Å². The lowest BCUT2D eigenvalue weighted by Gasteiger charge is -1.90. The van der Waals surface area contributed by atoms with Gasteiger partial charge in [-0.15, -0.1) is 6.58 Å². The van der Waals surface area contributed by atoms with Crippen LogP contribution in [0.5, 0.6) is 0 Å². The molecule has 0 aliphatic heterocycles. The highest BCUT2D eigenvalue weighted by Crippen LogP contribution is 2.01. The Morgan fingerprint density at radius 3 is 2.88 bits per heavy atom. The summed E-state index contributed by atoms with van der Waals surface area (Å²) >= 11 is 3.18. The van der Waals surface area contributed by atoms with Gasteiger partial charge in [0.2, 0.25) is 0 Å². The van der Waals surface area contributed by atoms with Crippen molar-refractivity contribution in [1.29, 1.82) is 0 Å². The Morgan fingerprint density at radius 2 is 2.38 bits per heavy atom. The van der Waals surface area contributed by atoms with Gasteiger partial charge in [0.15, 0.2) is 0 Å². The maximum Gasteiger partial charge on any atom is 0.0310 e. The molecule has 0 saturated carbocycles. The summed E-state index contributed by atoms with van der Waals surface area (Å²) in [7, 11) is 0. The summed E-state index contributed by atoms with van der Waals surface area (Å²) in [4.78, 5) is 0. The fourth-order valence-electron chi connectivity index (χ4n) is 0.300. The lowest BCUT2D eigenvalue weighted by atomic mass is 10.2. The van der Waals surface area contributed by atoms with Gasteiger partial charge in [0.25, 0.3) is 0 Å². The van der Waals surface area contributed by atoms with Crippen molar-refractivity contribution in [3.63, 3.8) is 0 Å². The van der Waals surface area contributed by atoms with Crippen molar-refractivity contribution in [3.8, 4) is 0 Å². The van der Waals surface area contributed by atoms with E-state index in [9.17, 15) is 0 Å². The van der Waals surface area contributed by atoms with Gasteiger partial charge in [0.05, 0.1) is 0 Å². The molecule has 0 unspecified atom stereocenters. The van der Waals surface area contributed by atoms with Gasteiger partial charge in [-0.2, -0.15) is 0 Å². The molecule has 0 aromatic carbocycles. The number of hydrogen-bond donors (Lipinski definition) is 0. The van der Waals surface area contributed by atoms with Crippen LogP contribution in [0.15, 0.2) is 12.7 Å². The standard InChI is InChI=1S/C7H13Br/c1-2-3-4-5-6-7-8/h2H,1,3-7H2/i3D2,4D2. The Labute approximate surface area is 65.7 Å². The molecule has 48 valence electrons. The van der Waals surface area contributed by atoms with Crippen LogP contribution in [0.25, 0.3) is 0 Å². The lowest BCUT2D eigenvalue weighted by molar-refractivity contribution is 0.737. The van der Waals surface area contributed by atoms with Crippen molar-refractivity contribution in [2.45, 2.75) is 25.6 Å². The highest BCUT2D eigenvalue weighted by Gasteiger charge is 1.82. The number of allylic oxidation sites excluding steroid dienone is 1. The average molecular weight is 181 g/mol. The second-order valence-corrected chi connectivity index (χ2v) is 2.11. The third-order valence-corrected chi connectivity index (χ3v) is 1.20. The van der Waals surface area contributed by atoms with Crippen molar-refractivity contribution in [2.24, 2.45) is 0 Å². The molecule has 0 aliphatic rings. The molecular formula is C7H13Br. The molecule has 0 nitrogen and oxygen atoms in total. The Morgan fingerprint density at radius 1 is 1.62 bits per heavy atom. The Kier molecular flexibility index (Phi) is 3.07. The second-order valence-electron chi connectivity index (χ2n) is 1.32. The van der Waals surface area contributed by atoms with E-state index in [0.29, 0.717) is 11.8 Å². The van der Waals surface area contributed by atoms with Crippen LogP contribution in [0.4, 0.5) is 0 Å². The molecule has 0 heterocycles. The summed E-state index contributed by atoms with van der Waals surface area (Å²) in [6.07, 6.45) is -1.89. The van der Waals surface area contributed by atoms with E-state index in [1.54, 1.807) is 0 Å². The molecule has 0 radical (unpaired) electrons. The Bertz CT molecular complexity index is 155. The molecule has 0 saturated heterocycles. The monoisotopic (exact) mass is 180 g/mol. The molecular weight excluding hydrogens is 164 g/mol. The third kappa shape index (κ3) is 6.22. The predicted octanol–water partition coefficient (Wildman–Crippen LogP) is 3.13. The van der Waals surface area contributed by atoms with Gasteiger partial charge in [-0.1, -0.05) is 28.4 Å². The fourth-order valence-corrected chi connectivity index (χ4v) is 0.580. The molecule has 0 aliphatic carbocycles. The highest BCUT2D eigenvalue weighted by molar-refractivity contribution is 9.09. The fraction of sp³-hybridized carbons (Fsp3) is 0.714. The summed E-state index contributed by atoms with van der Waals surface area (Å²) in [6, 6.07) is 0. The normalized spacial score (nSPS) is 20.1. The minimum absolute atomic E-state index is 0.206. The van der Waals surface area contributed by atoms with Gasteiger partial charge in [-0.05, 0) is 19.2 Å². The summed E-state index contributed by atoms with van der Waals surface area (Å²) in [5.41, 5.74) is 0. The van der Waals surface area contributed by atoms with E-state index < -0.39 is 12.7 Å². The Balaban J connectivity index is 4.27. The summed E-state index contributed by atoms with van der Waals surface area (Å²) in [5, 5.41) is 0.694. The quantitative estimate of drug-likeness (QED) is 0.451. The number of alkyl halides is 1. The van der Waals surface area contributed by atoms with E-state index in [-0.39, 0.29) is 6.42 Å². The molecule has 0 aromatic rings. The van der Waals surface area contributed by atoms with Crippen LogP contribution in [-0.4, -0.2) is 5.33 Å². The van der Waals surface area contributed by atoms with Gasteiger partial charge >= 0.3 is 0 Å². The first-order valence-electron chi connectivity index (χ1n) is 4.57. The van der Waals surface area contributed by atoms with Crippen molar-refractivity contribution >= 4 is 15.9 Å². The lowest BCUT2D eigenvalue weighted by Crippen LogP contribution is -1.74. The van der Waals surface area contributed by atoms with E-state index in [1.807, 2.05) is 0 Å². The predicted molar refractivity (Wildman–Crippen MR) is 42.5 cm³/mol. The van der Waals surface area contributed by atoms with E-state index in [4.69, 9.17) is 5.48 Å². The van der Waals surface area contributed by atoms with Gasteiger partial charge in [-0.3, -0.25) is 0 Å². The van der Waals surface area contributed by atoms with E-state index in [1.165, 1.54) is 0 Å². The first kappa shape index (κ1) is 3.40. The molecule has 0 aromatic heterocycles. The van der Waals surface area contributed by atoms with Crippen LogP contribution in [0.1, 0.15) is 31.1 Å². The second kappa shape index (κ2) is 7.22. The van der Waals surface area contributed by atoms with Crippen LogP contribution < -0.4 is 0 Å². The zero-order valence-corrected chi connectivity index (χ0v) is 6.37. The van der Waals surface area contributed by atoms with Crippen LogP contribution in [0.2, 0.25) is 0 Å². The van der Waals surface area contributed by atoms with Crippen molar-refractivity contribution < 1.29 is 5.48 Å². The summed E-state index contributed by atoms with van der Waals surface area (Å²) in [5.74, 6) is 0. The SMILES string of the molecule is [2H]C([2H])(C=C)C([2H])([2H])CCCBr. The maximum absolute atomic E-state index is 7.43. The summed E-state index contributed by atoms with van der Waals surface area (Å²) in [6.45, 7) is 3.28. The first-order valence-corrected chi connectivity index (χ1v) is 3.69. The maximum atomic E-state index is 7.43. The Hall–Kier alpha value is 0.220. The van der Waals surface area contributed by atoms with Gasteiger partial charge in [0, 0.05) is 10.8 Å². The molecule has 0 atom stereocenters. The molecule has 8 heavy (non-hydrogen) atoms. The molecule has 0 fully saturated rings. The van der Waals surface area contributed by atoms with Crippen molar-refractivity contribution in [2.75, 3.05) is 5.33 Å². The summed E-state index contributed by atoms with van der Waals surface area (Å²) < 4.78 is 29.5. The van der Waals surface area contributed by atoms with Crippen LogP contribution in [-0.2, 0) is 0 Å². The molecule has 1 heteroatoms. The minimum Gasteiger partial charge on any atom is -0.103 e. The molecule has 0 N–H and O–H groups in total. The number of halogens is 1.